The lowest BCUT2D eigenvalue weighted by Gasteiger charge is -2.10. The Hall–Kier alpha value is -3.40. The van der Waals surface area contributed by atoms with Crippen LogP contribution in [0.3, 0.4) is 0 Å². The van der Waals surface area contributed by atoms with E-state index in [1.807, 2.05) is 30.5 Å². The molecule has 6 rings (SSSR count). The van der Waals surface area contributed by atoms with Crippen molar-refractivity contribution < 1.29 is 4.79 Å². The molecule has 0 bridgehead atoms. The summed E-state index contributed by atoms with van der Waals surface area (Å²) in [6.07, 6.45) is 1.92. The van der Waals surface area contributed by atoms with Gasteiger partial charge in [0, 0.05) is 17.0 Å². The van der Waals surface area contributed by atoms with Gasteiger partial charge in [0.2, 0.25) is 5.91 Å². The van der Waals surface area contributed by atoms with Crippen LogP contribution in [0.5, 0.6) is 0 Å². The second kappa shape index (κ2) is 5.80. The molecule has 142 valence electrons. The fourth-order valence-corrected chi connectivity index (χ4v) is 5.34. The maximum absolute atomic E-state index is 13.0. The molecule has 4 nitrogen and oxygen atoms in total. The molecule has 1 aliphatic carbocycles. The second-order valence-electron chi connectivity index (χ2n) is 8.24. The van der Waals surface area contributed by atoms with Gasteiger partial charge in [0.15, 0.2) is 0 Å². The smallest absolute Gasteiger partial charge is 0.236 e. The summed E-state index contributed by atoms with van der Waals surface area (Å²) < 4.78 is 2.05. The highest BCUT2D eigenvalue weighted by Crippen LogP contribution is 2.69. The fraction of sp³-hybridized carbons (Fsp3) is 0.200. The van der Waals surface area contributed by atoms with Gasteiger partial charge in [-0.2, -0.15) is 5.10 Å². The van der Waals surface area contributed by atoms with Gasteiger partial charge < -0.3 is 5.32 Å². The largest absolute Gasteiger partial charge is 0.325 e. The molecule has 1 fully saturated rings. The van der Waals surface area contributed by atoms with E-state index in [0.717, 1.165) is 28.7 Å². The molecule has 3 atom stereocenters. The minimum Gasteiger partial charge on any atom is -0.325 e. The zero-order valence-electron chi connectivity index (χ0n) is 16.2. The van der Waals surface area contributed by atoms with Crippen molar-refractivity contribution in [3.8, 4) is 0 Å². The highest BCUT2D eigenvalue weighted by atomic mass is 16.2. The van der Waals surface area contributed by atoms with Crippen LogP contribution in [0, 0.1) is 5.92 Å². The number of nitrogens with one attached hydrogen (secondary N) is 1. The maximum atomic E-state index is 13.0. The van der Waals surface area contributed by atoms with Crippen molar-refractivity contribution in [1.29, 1.82) is 0 Å². The molecule has 1 spiro atoms. The Morgan fingerprint density at radius 2 is 1.83 bits per heavy atom. The van der Waals surface area contributed by atoms with Crippen molar-refractivity contribution in [3.63, 3.8) is 0 Å². The third-order valence-corrected chi connectivity index (χ3v) is 6.80. The Balaban J connectivity index is 1.42. The van der Waals surface area contributed by atoms with Gasteiger partial charge in [-0.15, -0.1) is 0 Å². The van der Waals surface area contributed by atoms with Crippen LogP contribution >= 0.6 is 0 Å². The van der Waals surface area contributed by atoms with E-state index in [9.17, 15) is 4.79 Å². The number of nitrogens with zero attached hydrogens (tertiary/aromatic N) is 2. The third-order valence-electron chi connectivity index (χ3n) is 6.80. The van der Waals surface area contributed by atoms with Crippen molar-refractivity contribution in [2.24, 2.45) is 5.92 Å². The predicted octanol–water partition coefficient (Wildman–Crippen LogP) is 4.71. The average molecular weight is 379 g/mol. The molecule has 1 aromatic heterocycles. The molecular weight excluding hydrogens is 358 g/mol. The number of fused-ring (bicyclic) bond motifs is 3. The number of aromatic nitrogens is 2. The molecular formula is C25H21N3O. The lowest BCUT2D eigenvalue weighted by Crippen LogP contribution is -2.22. The van der Waals surface area contributed by atoms with Gasteiger partial charge in [-0.05, 0) is 34.7 Å². The zero-order chi connectivity index (χ0) is 19.6. The van der Waals surface area contributed by atoms with Gasteiger partial charge >= 0.3 is 0 Å². The van der Waals surface area contributed by atoms with E-state index in [0.29, 0.717) is 0 Å². The molecule has 1 amide bonds. The van der Waals surface area contributed by atoms with Crippen LogP contribution in [0.2, 0.25) is 0 Å². The normalized spacial score (nSPS) is 24.7. The Labute approximate surface area is 169 Å². The SMILES string of the molecule is CC1[C@@H](c2ccc3cnn(Cc4ccccc4)c3c2)[C@]12C(=O)Nc1ccccc12. The zero-order valence-corrected chi connectivity index (χ0v) is 16.2. The number of rotatable bonds is 3. The molecule has 1 saturated carbocycles. The average Bonchev–Trinajstić information content (AvgIpc) is 3.02. The first-order chi connectivity index (χ1) is 14.2. The number of carbonyl (C=O) groups excluding carboxylic acids is 1. The summed E-state index contributed by atoms with van der Waals surface area (Å²) in [7, 11) is 0. The van der Waals surface area contributed by atoms with E-state index in [2.05, 4.69) is 70.6 Å². The van der Waals surface area contributed by atoms with Gasteiger partial charge in [0.05, 0.1) is 23.7 Å². The number of amides is 1. The first kappa shape index (κ1) is 16.5. The minimum atomic E-state index is -0.436. The molecule has 4 aromatic rings. The van der Waals surface area contributed by atoms with Crippen molar-refractivity contribution >= 4 is 22.5 Å². The Morgan fingerprint density at radius 1 is 1.03 bits per heavy atom. The lowest BCUT2D eigenvalue weighted by molar-refractivity contribution is -0.118. The first-order valence-corrected chi connectivity index (χ1v) is 10.1. The summed E-state index contributed by atoms with van der Waals surface area (Å²) in [5.74, 6) is 0.596. The number of carbonyl (C=O) groups is 1. The van der Waals surface area contributed by atoms with Crippen LogP contribution in [0.4, 0.5) is 5.69 Å². The van der Waals surface area contributed by atoms with E-state index in [-0.39, 0.29) is 17.7 Å². The highest BCUT2D eigenvalue weighted by molar-refractivity contribution is 6.10. The summed E-state index contributed by atoms with van der Waals surface area (Å²) in [5.41, 5.74) is 5.22. The van der Waals surface area contributed by atoms with Gasteiger partial charge in [0.1, 0.15) is 0 Å². The van der Waals surface area contributed by atoms with E-state index < -0.39 is 5.41 Å². The minimum absolute atomic E-state index is 0.133. The molecule has 3 aromatic carbocycles. The molecule has 0 radical (unpaired) electrons. The number of para-hydroxylation sites is 1. The quantitative estimate of drug-likeness (QED) is 0.560. The number of hydrogen-bond donors (Lipinski definition) is 1. The van der Waals surface area contributed by atoms with Crippen LogP contribution in [0.25, 0.3) is 10.9 Å². The Kier molecular flexibility index (Phi) is 3.31. The monoisotopic (exact) mass is 379 g/mol. The van der Waals surface area contributed by atoms with Crippen LogP contribution in [0.15, 0.2) is 79.0 Å². The maximum Gasteiger partial charge on any atom is 0.236 e. The Bertz CT molecular complexity index is 1260. The van der Waals surface area contributed by atoms with E-state index >= 15 is 0 Å². The second-order valence-corrected chi connectivity index (χ2v) is 8.24. The van der Waals surface area contributed by atoms with E-state index in [1.165, 1.54) is 11.1 Å². The summed E-state index contributed by atoms with van der Waals surface area (Å²) in [6.45, 7) is 2.93. The molecule has 4 heteroatoms. The van der Waals surface area contributed by atoms with Gasteiger partial charge in [-0.3, -0.25) is 9.48 Å². The van der Waals surface area contributed by atoms with E-state index in [1.54, 1.807) is 0 Å². The number of hydrogen-bond acceptors (Lipinski definition) is 2. The molecule has 2 heterocycles. The number of benzene rings is 3. The molecule has 2 aliphatic rings. The van der Waals surface area contributed by atoms with Crippen LogP contribution < -0.4 is 5.32 Å². The summed E-state index contributed by atoms with van der Waals surface area (Å²) in [6, 6.07) is 25.0. The standard InChI is InChI=1S/C25H21N3O/c1-16-23(25(16)20-9-5-6-10-21(20)27-24(25)29)18-11-12-19-14-26-28(22(19)13-18)15-17-7-3-2-4-8-17/h2-14,16,23H,15H2,1H3,(H,27,29)/t16?,23-,25-/m0/s1. The molecule has 1 unspecified atom stereocenters. The van der Waals surface area contributed by atoms with Gasteiger partial charge in [0.25, 0.3) is 0 Å². The van der Waals surface area contributed by atoms with E-state index in [4.69, 9.17) is 0 Å². The summed E-state index contributed by atoms with van der Waals surface area (Å²) in [4.78, 5) is 13.0. The van der Waals surface area contributed by atoms with Crippen LogP contribution in [0.1, 0.15) is 29.5 Å². The predicted molar refractivity (Wildman–Crippen MR) is 114 cm³/mol. The van der Waals surface area contributed by atoms with Gasteiger partial charge in [-0.1, -0.05) is 67.6 Å². The Morgan fingerprint density at radius 3 is 2.69 bits per heavy atom. The number of anilines is 1. The van der Waals surface area contributed by atoms with Gasteiger partial charge in [-0.25, -0.2) is 0 Å². The van der Waals surface area contributed by atoms with Crippen molar-refractivity contribution in [2.45, 2.75) is 24.8 Å². The summed E-state index contributed by atoms with van der Waals surface area (Å²) in [5, 5.41) is 8.84. The molecule has 1 aliphatic heterocycles. The van der Waals surface area contributed by atoms with Crippen LogP contribution in [-0.2, 0) is 16.8 Å². The summed E-state index contributed by atoms with van der Waals surface area (Å²) >= 11 is 0. The highest BCUT2D eigenvalue weighted by Gasteiger charge is 2.71. The molecule has 0 saturated heterocycles. The van der Waals surface area contributed by atoms with Crippen molar-refractivity contribution in [2.75, 3.05) is 5.32 Å². The molecule has 1 N–H and O–H groups in total. The van der Waals surface area contributed by atoms with Crippen molar-refractivity contribution in [1.82, 2.24) is 9.78 Å². The first-order valence-electron chi connectivity index (χ1n) is 10.1. The topological polar surface area (TPSA) is 46.9 Å². The molecule has 29 heavy (non-hydrogen) atoms. The fourth-order valence-electron chi connectivity index (χ4n) is 5.34. The van der Waals surface area contributed by atoms with Crippen molar-refractivity contribution in [3.05, 3.63) is 95.7 Å². The third kappa shape index (κ3) is 2.20. The lowest BCUT2D eigenvalue weighted by atomic mass is 9.91. The van der Waals surface area contributed by atoms with Crippen LogP contribution in [-0.4, -0.2) is 15.7 Å².